The molecule has 116 valence electrons. The van der Waals surface area contributed by atoms with Crippen molar-refractivity contribution in [1.29, 1.82) is 0 Å². The topological polar surface area (TPSA) is 61.4 Å². The van der Waals surface area contributed by atoms with Crippen molar-refractivity contribution in [2.45, 2.75) is 45.3 Å². The number of esters is 1. The van der Waals surface area contributed by atoms with Crippen LogP contribution in [-0.2, 0) is 16.1 Å². The minimum atomic E-state index is -0.297. The van der Waals surface area contributed by atoms with Gasteiger partial charge in [0.25, 0.3) is 0 Å². The minimum Gasteiger partial charge on any atom is -0.462 e. The Bertz CT molecular complexity index is 682. The molecule has 0 aliphatic carbocycles. The Kier molecular flexibility index (Phi) is 3.88. The van der Waals surface area contributed by atoms with Gasteiger partial charge in [-0.05, 0) is 51.0 Å². The molecule has 0 N–H and O–H groups in total. The van der Waals surface area contributed by atoms with E-state index < -0.39 is 0 Å². The lowest BCUT2D eigenvalue weighted by molar-refractivity contribution is -0.149. The average molecular weight is 301 g/mol. The van der Waals surface area contributed by atoms with Crippen LogP contribution >= 0.6 is 0 Å². The number of hydrogen-bond donors (Lipinski definition) is 0. The van der Waals surface area contributed by atoms with E-state index in [4.69, 9.17) is 9.15 Å². The molecule has 1 aliphatic rings. The molecular formula is C17H19NO4. The van der Waals surface area contributed by atoms with Crippen LogP contribution in [0.1, 0.15) is 54.5 Å². The highest BCUT2D eigenvalue weighted by Gasteiger charge is 2.31. The number of aromatic nitrogens is 1. The summed E-state index contributed by atoms with van der Waals surface area (Å²) in [5.74, 6) is -0.359. The highest BCUT2D eigenvalue weighted by molar-refractivity contribution is 6.06. The maximum atomic E-state index is 12.5. The molecule has 0 spiro atoms. The van der Waals surface area contributed by atoms with Crippen LogP contribution in [0.3, 0.4) is 0 Å². The van der Waals surface area contributed by atoms with Crippen LogP contribution in [0.15, 0.2) is 34.9 Å². The van der Waals surface area contributed by atoms with Crippen molar-refractivity contribution >= 4 is 11.8 Å². The van der Waals surface area contributed by atoms with E-state index in [2.05, 4.69) is 0 Å². The molecule has 5 heteroatoms. The predicted molar refractivity (Wildman–Crippen MR) is 79.8 cm³/mol. The van der Waals surface area contributed by atoms with Gasteiger partial charge in [-0.15, -0.1) is 0 Å². The predicted octanol–water partition coefficient (Wildman–Crippen LogP) is 3.14. The standard InChI is InChI=1S/C17H19NO4/c1-11(2)22-17(20)12-5-3-9-18-13(12)7-8-14(18)16(19)15-6-4-10-21-15/h4,6-8,10-12H,3,5,9H2,1-2H3. The molecule has 3 rings (SSSR count). The van der Waals surface area contributed by atoms with Crippen molar-refractivity contribution in [3.63, 3.8) is 0 Å². The number of fused-ring (bicyclic) bond motifs is 1. The summed E-state index contributed by atoms with van der Waals surface area (Å²) < 4.78 is 12.4. The SMILES string of the molecule is CC(C)OC(=O)C1CCCn2c(C(=O)c3ccco3)ccc21. The summed E-state index contributed by atoms with van der Waals surface area (Å²) in [5.41, 5.74) is 1.42. The first-order chi connectivity index (χ1) is 10.6. The van der Waals surface area contributed by atoms with Crippen molar-refractivity contribution in [1.82, 2.24) is 4.57 Å². The normalized spacial score (nSPS) is 17.3. The maximum absolute atomic E-state index is 12.5. The van der Waals surface area contributed by atoms with Gasteiger partial charge in [-0.3, -0.25) is 9.59 Å². The molecule has 3 heterocycles. The molecule has 5 nitrogen and oxygen atoms in total. The Morgan fingerprint density at radius 3 is 2.82 bits per heavy atom. The van der Waals surface area contributed by atoms with Gasteiger partial charge in [-0.1, -0.05) is 0 Å². The lowest BCUT2D eigenvalue weighted by Crippen LogP contribution is -2.27. The van der Waals surface area contributed by atoms with Gasteiger partial charge in [0.15, 0.2) is 5.76 Å². The van der Waals surface area contributed by atoms with Gasteiger partial charge >= 0.3 is 5.97 Å². The Balaban J connectivity index is 1.91. The molecule has 1 unspecified atom stereocenters. The average Bonchev–Trinajstić information content (AvgIpc) is 3.15. The third-order valence-electron chi connectivity index (χ3n) is 3.86. The monoisotopic (exact) mass is 301 g/mol. The number of ketones is 1. The highest BCUT2D eigenvalue weighted by atomic mass is 16.5. The van der Waals surface area contributed by atoms with E-state index >= 15 is 0 Å². The summed E-state index contributed by atoms with van der Waals surface area (Å²) in [6, 6.07) is 6.95. The van der Waals surface area contributed by atoms with E-state index in [1.165, 1.54) is 6.26 Å². The molecule has 22 heavy (non-hydrogen) atoms. The van der Waals surface area contributed by atoms with Crippen LogP contribution in [0.5, 0.6) is 0 Å². The van der Waals surface area contributed by atoms with Gasteiger partial charge in [0.2, 0.25) is 5.78 Å². The molecule has 1 aliphatic heterocycles. The summed E-state index contributed by atoms with van der Waals surface area (Å²) in [7, 11) is 0. The Morgan fingerprint density at radius 2 is 2.14 bits per heavy atom. The fourth-order valence-corrected chi connectivity index (χ4v) is 2.92. The fraction of sp³-hybridized carbons (Fsp3) is 0.412. The molecule has 0 amide bonds. The van der Waals surface area contributed by atoms with Gasteiger partial charge < -0.3 is 13.7 Å². The number of nitrogens with zero attached hydrogens (tertiary/aromatic N) is 1. The molecule has 2 aromatic heterocycles. The summed E-state index contributed by atoms with van der Waals surface area (Å²) in [4.78, 5) is 24.7. The Labute approximate surface area is 128 Å². The van der Waals surface area contributed by atoms with Gasteiger partial charge in [-0.2, -0.15) is 0 Å². The smallest absolute Gasteiger partial charge is 0.315 e. The summed E-state index contributed by atoms with van der Waals surface area (Å²) in [6.45, 7) is 4.41. The molecule has 0 saturated heterocycles. The van der Waals surface area contributed by atoms with Crippen LogP contribution in [0.25, 0.3) is 0 Å². The highest BCUT2D eigenvalue weighted by Crippen LogP contribution is 2.31. The largest absolute Gasteiger partial charge is 0.462 e. The lowest BCUT2D eigenvalue weighted by Gasteiger charge is -2.25. The summed E-state index contributed by atoms with van der Waals surface area (Å²) in [5, 5.41) is 0. The van der Waals surface area contributed by atoms with Crippen molar-refractivity contribution in [2.24, 2.45) is 0 Å². The summed E-state index contributed by atoms with van der Waals surface area (Å²) in [6.07, 6.45) is 2.94. The third kappa shape index (κ3) is 2.58. The second kappa shape index (κ2) is 5.83. The molecule has 2 aromatic rings. The van der Waals surface area contributed by atoms with Crippen LogP contribution in [0, 0.1) is 0 Å². The van der Waals surface area contributed by atoms with Gasteiger partial charge in [0.05, 0.1) is 24.0 Å². The van der Waals surface area contributed by atoms with Gasteiger partial charge in [0, 0.05) is 12.2 Å². The number of carbonyl (C=O) groups excluding carboxylic acids is 2. The molecule has 0 saturated carbocycles. The number of ether oxygens (including phenoxy) is 1. The first kappa shape index (κ1) is 14.6. The Hall–Kier alpha value is -2.30. The second-order valence-corrected chi connectivity index (χ2v) is 5.78. The van der Waals surface area contributed by atoms with E-state index in [1.807, 2.05) is 24.5 Å². The zero-order valence-corrected chi connectivity index (χ0v) is 12.7. The van der Waals surface area contributed by atoms with E-state index in [1.54, 1.807) is 18.2 Å². The van der Waals surface area contributed by atoms with Crippen LogP contribution < -0.4 is 0 Å². The molecule has 1 atom stereocenters. The first-order valence-corrected chi connectivity index (χ1v) is 7.56. The number of furan rings is 1. The van der Waals surface area contributed by atoms with Crippen LogP contribution in [0.4, 0.5) is 0 Å². The second-order valence-electron chi connectivity index (χ2n) is 5.78. The van der Waals surface area contributed by atoms with Crippen LogP contribution in [-0.4, -0.2) is 22.4 Å². The molecule has 0 radical (unpaired) electrons. The van der Waals surface area contributed by atoms with E-state index in [0.29, 0.717) is 11.5 Å². The minimum absolute atomic E-state index is 0.137. The molecule has 0 fully saturated rings. The van der Waals surface area contributed by atoms with E-state index in [9.17, 15) is 9.59 Å². The lowest BCUT2D eigenvalue weighted by atomic mass is 9.96. The zero-order valence-electron chi connectivity index (χ0n) is 12.7. The summed E-state index contributed by atoms with van der Waals surface area (Å²) >= 11 is 0. The van der Waals surface area contributed by atoms with Crippen LogP contribution in [0.2, 0.25) is 0 Å². The van der Waals surface area contributed by atoms with Gasteiger partial charge in [-0.25, -0.2) is 0 Å². The fourth-order valence-electron chi connectivity index (χ4n) is 2.92. The number of rotatable bonds is 4. The van der Waals surface area contributed by atoms with Crippen molar-refractivity contribution in [3.05, 3.63) is 47.7 Å². The third-order valence-corrected chi connectivity index (χ3v) is 3.86. The van der Waals surface area contributed by atoms with E-state index in [-0.39, 0.29) is 23.8 Å². The van der Waals surface area contributed by atoms with E-state index in [0.717, 1.165) is 25.1 Å². The maximum Gasteiger partial charge on any atom is 0.315 e. The van der Waals surface area contributed by atoms with Gasteiger partial charge in [0.1, 0.15) is 0 Å². The van der Waals surface area contributed by atoms with Crippen molar-refractivity contribution < 1.29 is 18.7 Å². The van der Waals surface area contributed by atoms with Crippen molar-refractivity contribution in [3.8, 4) is 0 Å². The quantitative estimate of drug-likeness (QED) is 0.643. The molecule has 0 bridgehead atoms. The molecular weight excluding hydrogens is 282 g/mol. The first-order valence-electron chi connectivity index (χ1n) is 7.56. The zero-order chi connectivity index (χ0) is 15.7. The Morgan fingerprint density at radius 1 is 1.32 bits per heavy atom. The number of carbonyl (C=O) groups is 2. The van der Waals surface area contributed by atoms with Crippen molar-refractivity contribution in [2.75, 3.05) is 0 Å². The number of hydrogen-bond acceptors (Lipinski definition) is 4. The molecule has 0 aromatic carbocycles.